The summed E-state index contributed by atoms with van der Waals surface area (Å²) in [5, 5.41) is 9.46. The quantitative estimate of drug-likeness (QED) is 0.833. The molecule has 2 heterocycles. The number of ether oxygens (including phenoxy) is 1. The van der Waals surface area contributed by atoms with Crippen molar-refractivity contribution in [3.63, 3.8) is 0 Å². The topological polar surface area (TPSA) is 62.7 Å². The number of amides is 1. The molecule has 1 atom stereocenters. The molecular weight excluding hydrogens is 340 g/mol. The summed E-state index contributed by atoms with van der Waals surface area (Å²) in [4.78, 5) is 19.2. The minimum Gasteiger partial charge on any atom is -0.474 e. The summed E-state index contributed by atoms with van der Waals surface area (Å²) in [5.74, 6) is 0.718. The molecule has 1 spiro atoms. The van der Waals surface area contributed by atoms with Crippen LogP contribution in [0.3, 0.4) is 0 Å². The van der Waals surface area contributed by atoms with Crippen molar-refractivity contribution in [3.8, 4) is 5.88 Å². The molecule has 1 amide bonds. The highest BCUT2D eigenvalue weighted by atomic mass is 16.5. The largest absolute Gasteiger partial charge is 0.474 e. The summed E-state index contributed by atoms with van der Waals surface area (Å²) in [5.41, 5.74) is 2.89. The normalized spacial score (nSPS) is 22.4. The molecule has 0 unspecified atom stereocenters. The fraction of sp³-hybridized carbons (Fsp3) is 0.727. The molecule has 4 rings (SSSR count). The van der Waals surface area contributed by atoms with E-state index in [1.165, 1.54) is 17.7 Å². The van der Waals surface area contributed by atoms with Crippen molar-refractivity contribution in [3.05, 3.63) is 23.4 Å². The molecule has 0 radical (unpaired) electrons. The first-order chi connectivity index (χ1) is 13.1. The molecule has 1 saturated heterocycles. The highest BCUT2D eigenvalue weighted by molar-refractivity contribution is 5.80. The molecule has 1 aliphatic heterocycles. The van der Waals surface area contributed by atoms with E-state index in [2.05, 4.69) is 13.0 Å². The highest BCUT2D eigenvalue weighted by Crippen LogP contribution is 2.45. The van der Waals surface area contributed by atoms with E-state index in [-0.39, 0.29) is 30.0 Å². The van der Waals surface area contributed by atoms with E-state index >= 15 is 0 Å². The number of hydrogen-bond acceptors (Lipinski definition) is 4. The van der Waals surface area contributed by atoms with Crippen molar-refractivity contribution in [1.29, 1.82) is 0 Å². The lowest BCUT2D eigenvalue weighted by molar-refractivity contribution is -0.153. The molecular formula is C22H32N2O3. The summed E-state index contributed by atoms with van der Waals surface area (Å²) >= 11 is 0. The number of aryl methyl sites for hydroxylation is 2. The summed E-state index contributed by atoms with van der Waals surface area (Å²) < 4.78 is 6.18. The maximum Gasteiger partial charge on any atom is 0.228 e. The second-order valence-electron chi connectivity index (χ2n) is 8.79. The van der Waals surface area contributed by atoms with Gasteiger partial charge in [0, 0.05) is 30.3 Å². The average molecular weight is 373 g/mol. The van der Waals surface area contributed by atoms with Crippen molar-refractivity contribution in [1.82, 2.24) is 9.88 Å². The first kappa shape index (κ1) is 18.7. The van der Waals surface area contributed by atoms with Gasteiger partial charge in [0.2, 0.25) is 11.8 Å². The average Bonchev–Trinajstić information content (AvgIpc) is 3.12. The molecule has 2 aliphatic carbocycles. The van der Waals surface area contributed by atoms with Gasteiger partial charge in [-0.3, -0.25) is 4.79 Å². The molecule has 148 valence electrons. The fourth-order valence-electron chi connectivity index (χ4n) is 5.09. The number of aromatic nitrogens is 1. The monoisotopic (exact) mass is 372 g/mol. The summed E-state index contributed by atoms with van der Waals surface area (Å²) in [6, 6.07) is 4.21. The molecule has 1 aromatic heterocycles. The third kappa shape index (κ3) is 3.84. The SMILES string of the molecule is CCC[C@H](CO)C(=O)N1CC2(CCC(Oc3ccc4c(n3)CCC4)CC2)C1. The Morgan fingerprint density at radius 2 is 2.11 bits per heavy atom. The molecule has 3 aliphatic rings. The van der Waals surface area contributed by atoms with Gasteiger partial charge in [-0.05, 0) is 56.9 Å². The summed E-state index contributed by atoms with van der Waals surface area (Å²) in [6.45, 7) is 3.75. The lowest BCUT2D eigenvalue weighted by Gasteiger charge is -2.54. The fourth-order valence-corrected chi connectivity index (χ4v) is 5.09. The van der Waals surface area contributed by atoms with E-state index in [0.29, 0.717) is 0 Å². The number of likely N-dealkylation sites (tertiary alicyclic amines) is 1. The van der Waals surface area contributed by atoms with Gasteiger partial charge in [0.05, 0.1) is 12.5 Å². The van der Waals surface area contributed by atoms with E-state index in [1.807, 2.05) is 11.0 Å². The number of hydrogen-bond donors (Lipinski definition) is 1. The van der Waals surface area contributed by atoms with Crippen LogP contribution in [-0.2, 0) is 17.6 Å². The van der Waals surface area contributed by atoms with Crippen LogP contribution >= 0.6 is 0 Å². The maximum absolute atomic E-state index is 12.5. The van der Waals surface area contributed by atoms with Crippen molar-refractivity contribution >= 4 is 5.91 Å². The van der Waals surface area contributed by atoms with E-state index in [9.17, 15) is 9.90 Å². The molecule has 0 bridgehead atoms. The van der Waals surface area contributed by atoms with Crippen LogP contribution in [0.4, 0.5) is 0 Å². The van der Waals surface area contributed by atoms with Crippen molar-refractivity contribution in [2.24, 2.45) is 11.3 Å². The zero-order chi connectivity index (χ0) is 18.9. The van der Waals surface area contributed by atoms with Crippen LogP contribution in [0.2, 0.25) is 0 Å². The Balaban J connectivity index is 1.26. The predicted octanol–water partition coefficient (Wildman–Crippen LogP) is 3.13. The molecule has 2 fully saturated rings. The van der Waals surface area contributed by atoms with E-state index < -0.39 is 0 Å². The number of carbonyl (C=O) groups is 1. The van der Waals surface area contributed by atoms with E-state index in [0.717, 1.165) is 70.3 Å². The van der Waals surface area contributed by atoms with E-state index in [4.69, 9.17) is 9.72 Å². The molecule has 1 saturated carbocycles. The number of pyridine rings is 1. The Kier molecular flexibility index (Phi) is 5.40. The van der Waals surface area contributed by atoms with Crippen LogP contribution in [0.15, 0.2) is 12.1 Å². The van der Waals surface area contributed by atoms with Gasteiger partial charge in [-0.1, -0.05) is 19.4 Å². The van der Waals surface area contributed by atoms with Gasteiger partial charge in [-0.15, -0.1) is 0 Å². The smallest absolute Gasteiger partial charge is 0.228 e. The Hall–Kier alpha value is -1.62. The van der Waals surface area contributed by atoms with Gasteiger partial charge in [0.1, 0.15) is 6.10 Å². The van der Waals surface area contributed by atoms with Crippen molar-refractivity contribution in [2.45, 2.75) is 70.8 Å². The van der Waals surface area contributed by atoms with Gasteiger partial charge < -0.3 is 14.7 Å². The summed E-state index contributed by atoms with van der Waals surface area (Å²) in [6.07, 6.45) is 9.72. The maximum atomic E-state index is 12.5. The Bertz CT molecular complexity index is 674. The van der Waals surface area contributed by atoms with Crippen LogP contribution in [0.5, 0.6) is 5.88 Å². The van der Waals surface area contributed by atoms with Crippen molar-refractivity contribution < 1.29 is 14.6 Å². The van der Waals surface area contributed by atoms with Crippen LogP contribution in [0.25, 0.3) is 0 Å². The third-order valence-electron chi connectivity index (χ3n) is 6.75. The predicted molar refractivity (Wildman–Crippen MR) is 104 cm³/mol. The van der Waals surface area contributed by atoms with Crippen LogP contribution < -0.4 is 4.74 Å². The van der Waals surface area contributed by atoms with Crippen LogP contribution in [-0.4, -0.2) is 46.7 Å². The van der Waals surface area contributed by atoms with Crippen LogP contribution in [0.1, 0.15) is 63.1 Å². The molecule has 5 heteroatoms. The van der Waals surface area contributed by atoms with Gasteiger partial charge in [0.25, 0.3) is 0 Å². The van der Waals surface area contributed by atoms with Gasteiger partial charge in [-0.2, -0.15) is 0 Å². The number of aliphatic hydroxyl groups excluding tert-OH is 1. The lowest BCUT2D eigenvalue weighted by Crippen LogP contribution is -2.61. The molecule has 5 nitrogen and oxygen atoms in total. The van der Waals surface area contributed by atoms with Gasteiger partial charge in [-0.25, -0.2) is 4.98 Å². The number of carbonyl (C=O) groups excluding carboxylic acids is 1. The number of fused-ring (bicyclic) bond motifs is 1. The highest BCUT2D eigenvalue weighted by Gasteiger charge is 2.48. The standard InChI is InChI=1S/C22H32N2O3/c1-2-4-17(13-25)21(26)24-14-22(15-24)11-9-18(10-12-22)27-20-8-7-16-5-3-6-19(16)23-20/h7-8,17-18,25H,2-6,9-15H2,1H3/t17-/m1/s1. The number of nitrogens with zero attached hydrogens (tertiary/aromatic N) is 2. The molecule has 0 aromatic carbocycles. The van der Waals surface area contributed by atoms with Gasteiger partial charge in [0.15, 0.2) is 0 Å². The minimum absolute atomic E-state index is 0.0279. The zero-order valence-electron chi connectivity index (χ0n) is 16.5. The number of aliphatic hydroxyl groups is 1. The Morgan fingerprint density at radius 1 is 1.33 bits per heavy atom. The first-order valence-corrected chi connectivity index (χ1v) is 10.7. The number of rotatable bonds is 6. The molecule has 27 heavy (non-hydrogen) atoms. The second-order valence-corrected chi connectivity index (χ2v) is 8.79. The van der Waals surface area contributed by atoms with Crippen molar-refractivity contribution in [2.75, 3.05) is 19.7 Å². The molecule has 1 N–H and O–H groups in total. The zero-order valence-corrected chi connectivity index (χ0v) is 16.5. The minimum atomic E-state index is -0.210. The van der Waals surface area contributed by atoms with Gasteiger partial charge >= 0.3 is 0 Å². The summed E-state index contributed by atoms with van der Waals surface area (Å²) in [7, 11) is 0. The van der Waals surface area contributed by atoms with Crippen LogP contribution in [0, 0.1) is 11.3 Å². The lowest BCUT2D eigenvalue weighted by atomic mass is 9.67. The Labute approximate surface area is 162 Å². The third-order valence-corrected chi connectivity index (χ3v) is 6.75. The second kappa shape index (κ2) is 7.78. The first-order valence-electron chi connectivity index (χ1n) is 10.7. The Morgan fingerprint density at radius 3 is 2.81 bits per heavy atom. The van der Waals surface area contributed by atoms with E-state index in [1.54, 1.807) is 0 Å². The molecule has 1 aromatic rings.